The Hall–Kier alpha value is -0.600. The molecule has 0 aliphatic heterocycles. The van der Waals surface area contributed by atoms with Crippen molar-refractivity contribution in [3.8, 4) is 0 Å². The lowest BCUT2D eigenvalue weighted by Crippen LogP contribution is -2.24. The molecule has 1 aliphatic carbocycles. The van der Waals surface area contributed by atoms with Crippen molar-refractivity contribution < 1.29 is 10.2 Å². The average molecular weight is 214 g/mol. The molecule has 1 aliphatic rings. The maximum Gasteiger partial charge on any atom is 0.0602 e. The van der Waals surface area contributed by atoms with Crippen LogP contribution < -0.4 is 0 Å². The van der Waals surface area contributed by atoms with Crippen LogP contribution in [-0.2, 0) is 0 Å². The van der Waals surface area contributed by atoms with Gasteiger partial charge in [-0.1, -0.05) is 52.0 Å². The molecular formula is C13H26O2. The number of aliphatic hydroxyl groups is 2. The van der Waals surface area contributed by atoms with Crippen molar-refractivity contribution in [1.29, 1.82) is 0 Å². The van der Waals surface area contributed by atoms with Gasteiger partial charge in [0.2, 0.25) is 0 Å². The summed E-state index contributed by atoms with van der Waals surface area (Å²) in [5.74, 6) is 0. The van der Waals surface area contributed by atoms with E-state index in [0.29, 0.717) is 19.3 Å². The minimum Gasteiger partial charge on any atom is -0.393 e. The van der Waals surface area contributed by atoms with Gasteiger partial charge in [0.05, 0.1) is 12.2 Å². The standard InChI is InChI=1S/C9H14O2.2C2H6/c1-2-3-7-4-8(10)6-9(11)5-7;2*1-2/h2-3,8-11H,1,4-6H2;2*1-2H3. The molecule has 0 saturated heterocycles. The highest BCUT2D eigenvalue weighted by atomic mass is 16.3. The highest BCUT2D eigenvalue weighted by molar-refractivity contribution is 5.14. The molecule has 1 rings (SSSR count). The molecule has 0 radical (unpaired) electrons. The second-order valence-corrected chi connectivity index (χ2v) is 3.01. The second kappa shape index (κ2) is 11.5. The number of rotatable bonds is 1. The fraction of sp³-hybridized carbons (Fsp3) is 0.692. The Labute approximate surface area is 94.3 Å². The molecule has 0 aromatic heterocycles. The van der Waals surface area contributed by atoms with Crippen molar-refractivity contribution in [2.24, 2.45) is 0 Å². The maximum atomic E-state index is 9.24. The van der Waals surface area contributed by atoms with Crippen LogP contribution in [0.2, 0.25) is 0 Å². The van der Waals surface area contributed by atoms with E-state index in [9.17, 15) is 10.2 Å². The van der Waals surface area contributed by atoms with Gasteiger partial charge in [-0.05, 0) is 19.3 Å². The molecule has 1 saturated carbocycles. The molecule has 0 amide bonds. The molecular weight excluding hydrogens is 188 g/mol. The monoisotopic (exact) mass is 214 g/mol. The Morgan fingerprint density at radius 2 is 1.47 bits per heavy atom. The van der Waals surface area contributed by atoms with Gasteiger partial charge in [-0.15, -0.1) is 0 Å². The van der Waals surface area contributed by atoms with Crippen molar-refractivity contribution >= 4 is 0 Å². The van der Waals surface area contributed by atoms with Gasteiger partial charge in [-0.25, -0.2) is 0 Å². The zero-order chi connectivity index (χ0) is 12.3. The molecule has 0 aromatic rings. The quantitative estimate of drug-likeness (QED) is 0.704. The largest absolute Gasteiger partial charge is 0.393 e. The highest BCUT2D eigenvalue weighted by Crippen LogP contribution is 2.23. The zero-order valence-corrected chi connectivity index (χ0v) is 10.5. The predicted molar refractivity (Wildman–Crippen MR) is 66.8 cm³/mol. The van der Waals surface area contributed by atoms with Gasteiger partial charge >= 0.3 is 0 Å². The molecule has 2 unspecified atom stereocenters. The van der Waals surface area contributed by atoms with E-state index in [-0.39, 0.29) is 12.2 Å². The molecule has 0 bridgehead atoms. The van der Waals surface area contributed by atoms with E-state index in [2.05, 4.69) is 6.58 Å². The van der Waals surface area contributed by atoms with Gasteiger partial charge in [0.1, 0.15) is 0 Å². The molecule has 2 N–H and O–H groups in total. The predicted octanol–water partition coefficient (Wildman–Crippen LogP) is 3.06. The first-order valence-electron chi connectivity index (χ1n) is 5.89. The number of hydrogen-bond acceptors (Lipinski definition) is 2. The van der Waals surface area contributed by atoms with Crippen LogP contribution in [0.3, 0.4) is 0 Å². The van der Waals surface area contributed by atoms with Crippen molar-refractivity contribution in [3.05, 3.63) is 24.3 Å². The minimum absolute atomic E-state index is 0.370. The molecule has 2 atom stereocenters. The summed E-state index contributed by atoms with van der Waals surface area (Å²) in [4.78, 5) is 0. The molecule has 1 fully saturated rings. The van der Waals surface area contributed by atoms with E-state index < -0.39 is 0 Å². The molecule has 2 heteroatoms. The number of hydrogen-bond donors (Lipinski definition) is 2. The molecule has 0 spiro atoms. The third kappa shape index (κ3) is 8.40. The van der Waals surface area contributed by atoms with Gasteiger partial charge < -0.3 is 10.2 Å². The lowest BCUT2D eigenvalue weighted by Gasteiger charge is -2.24. The first-order valence-corrected chi connectivity index (χ1v) is 5.89. The summed E-state index contributed by atoms with van der Waals surface area (Å²) in [5.41, 5.74) is 1.09. The van der Waals surface area contributed by atoms with Crippen LogP contribution in [0.25, 0.3) is 0 Å². The van der Waals surface area contributed by atoms with Gasteiger partial charge in [0, 0.05) is 0 Å². The first-order chi connectivity index (χ1) is 7.22. The van der Waals surface area contributed by atoms with E-state index in [1.54, 1.807) is 6.08 Å². The van der Waals surface area contributed by atoms with Crippen molar-refractivity contribution in [2.75, 3.05) is 0 Å². The third-order valence-electron chi connectivity index (χ3n) is 1.89. The molecule has 0 heterocycles. The Balaban J connectivity index is 0. The van der Waals surface area contributed by atoms with Crippen LogP contribution in [0, 0.1) is 0 Å². The second-order valence-electron chi connectivity index (χ2n) is 3.01. The summed E-state index contributed by atoms with van der Waals surface area (Å²) in [5, 5.41) is 18.5. The number of allylic oxidation sites excluding steroid dienone is 2. The lowest BCUT2D eigenvalue weighted by atomic mass is 9.90. The summed E-state index contributed by atoms with van der Waals surface area (Å²) in [7, 11) is 0. The smallest absolute Gasteiger partial charge is 0.0602 e. The minimum atomic E-state index is -0.370. The van der Waals surface area contributed by atoms with Gasteiger partial charge in [-0.2, -0.15) is 0 Å². The van der Waals surface area contributed by atoms with Crippen molar-refractivity contribution in [3.63, 3.8) is 0 Å². The van der Waals surface area contributed by atoms with E-state index in [0.717, 1.165) is 5.57 Å². The molecule has 90 valence electrons. The van der Waals surface area contributed by atoms with Crippen LogP contribution >= 0.6 is 0 Å². The summed E-state index contributed by atoms with van der Waals surface area (Å²) in [6, 6.07) is 0. The van der Waals surface area contributed by atoms with E-state index in [4.69, 9.17) is 0 Å². The van der Waals surface area contributed by atoms with Crippen LogP contribution in [0.1, 0.15) is 47.0 Å². The van der Waals surface area contributed by atoms with Crippen LogP contribution in [0.5, 0.6) is 0 Å². The Kier molecular flexibility index (Phi) is 12.9. The van der Waals surface area contributed by atoms with Gasteiger partial charge in [-0.3, -0.25) is 0 Å². The van der Waals surface area contributed by atoms with Crippen molar-refractivity contribution in [2.45, 2.75) is 59.2 Å². The Morgan fingerprint density at radius 1 is 1.07 bits per heavy atom. The first kappa shape index (κ1) is 16.8. The molecule has 0 aromatic carbocycles. The van der Waals surface area contributed by atoms with Crippen LogP contribution in [0.15, 0.2) is 24.3 Å². The third-order valence-corrected chi connectivity index (χ3v) is 1.89. The average Bonchev–Trinajstić information content (AvgIpc) is 2.23. The summed E-state index contributed by atoms with van der Waals surface area (Å²) in [6.45, 7) is 11.6. The van der Waals surface area contributed by atoms with Crippen LogP contribution in [0.4, 0.5) is 0 Å². The topological polar surface area (TPSA) is 40.5 Å². The molecule has 2 nitrogen and oxygen atoms in total. The van der Waals surface area contributed by atoms with E-state index in [1.807, 2.05) is 33.8 Å². The van der Waals surface area contributed by atoms with E-state index in [1.165, 1.54) is 0 Å². The molecule has 15 heavy (non-hydrogen) atoms. The zero-order valence-electron chi connectivity index (χ0n) is 10.5. The normalized spacial score (nSPS) is 24.0. The van der Waals surface area contributed by atoms with E-state index >= 15 is 0 Å². The Morgan fingerprint density at radius 3 is 1.80 bits per heavy atom. The van der Waals surface area contributed by atoms with Crippen molar-refractivity contribution in [1.82, 2.24) is 0 Å². The summed E-state index contributed by atoms with van der Waals surface area (Å²) < 4.78 is 0. The fourth-order valence-corrected chi connectivity index (χ4v) is 1.47. The fourth-order valence-electron chi connectivity index (χ4n) is 1.47. The SMILES string of the molecule is C=CC=C1CC(O)CC(O)C1.CC.CC. The van der Waals surface area contributed by atoms with Crippen LogP contribution in [-0.4, -0.2) is 22.4 Å². The van der Waals surface area contributed by atoms with Gasteiger partial charge in [0.25, 0.3) is 0 Å². The van der Waals surface area contributed by atoms with Gasteiger partial charge in [0.15, 0.2) is 0 Å². The maximum absolute atomic E-state index is 9.24. The Bertz CT molecular complexity index is 161. The summed E-state index contributed by atoms with van der Waals surface area (Å²) in [6.07, 6.45) is 4.70. The highest BCUT2D eigenvalue weighted by Gasteiger charge is 2.20. The lowest BCUT2D eigenvalue weighted by molar-refractivity contribution is 0.0610. The summed E-state index contributed by atoms with van der Waals surface area (Å²) >= 11 is 0. The number of aliphatic hydroxyl groups excluding tert-OH is 2.